The van der Waals surface area contributed by atoms with Crippen LogP contribution in [0.4, 0.5) is 0 Å². The van der Waals surface area contributed by atoms with Gasteiger partial charge in [0.25, 0.3) is 0 Å². The zero-order valence-corrected chi connectivity index (χ0v) is 9.59. The van der Waals surface area contributed by atoms with Crippen molar-refractivity contribution in [2.45, 2.75) is 56.7 Å². The van der Waals surface area contributed by atoms with Crippen molar-refractivity contribution in [3.63, 3.8) is 0 Å². The second-order valence-electron chi connectivity index (χ2n) is 4.39. The summed E-state index contributed by atoms with van der Waals surface area (Å²) in [6.45, 7) is 2.61. The summed E-state index contributed by atoms with van der Waals surface area (Å²) < 4.78 is 25.8. The zero-order chi connectivity index (χ0) is 10.2. The van der Waals surface area contributed by atoms with E-state index in [-0.39, 0.29) is 5.25 Å². The molecule has 0 bridgehead atoms. The molecular formula is C10H19NO2S. The van der Waals surface area contributed by atoms with Crippen LogP contribution in [0.5, 0.6) is 0 Å². The van der Waals surface area contributed by atoms with E-state index in [4.69, 9.17) is 0 Å². The lowest BCUT2D eigenvalue weighted by atomic mass is 10.2. The molecule has 0 aromatic carbocycles. The van der Waals surface area contributed by atoms with E-state index in [2.05, 4.69) is 0 Å². The molecule has 3 nitrogen and oxygen atoms in total. The Morgan fingerprint density at radius 1 is 1.14 bits per heavy atom. The number of hydrogen-bond donors (Lipinski definition) is 0. The molecule has 82 valence electrons. The Balaban J connectivity index is 2.11. The highest BCUT2D eigenvalue weighted by Gasteiger charge is 2.42. The first kappa shape index (κ1) is 10.4. The standard InChI is InChI=1S/C10H19NO2S/c1-2-11(9-5-3-4-6-9)14(12,13)10-7-8-10/h9-10H,2-8H2,1H3. The number of hydrogen-bond acceptors (Lipinski definition) is 2. The lowest BCUT2D eigenvalue weighted by molar-refractivity contribution is 0.335. The van der Waals surface area contributed by atoms with Gasteiger partial charge in [-0.1, -0.05) is 19.8 Å². The fourth-order valence-electron chi connectivity index (χ4n) is 2.40. The van der Waals surface area contributed by atoms with Gasteiger partial charge in [0.05, 0.1) is 5.25 Å². The summed E-state index contributed by atoms with van der Waals surface area (Å²) in [6, 6.07) is 0.311. The van der Waals surface area contributed by atoms with Crippen LogP contribution in [0.1, 0.15) is 45.4 Å². The largest absolute Gasteiger partial charge is 0.217 e. The molecule has 0 unspecified atom stereocenters. The first-order valence-corrected chi connectivity index (χ1v) is 7.17. The van der Waals surface area contributed by atoms with E-state index in [1.54, 1.807) is 4.31 Å². The minimum atomic E-state index is -2.93. The van der Waals surface area contributed by atoms with E-state index >= 15 is 0 Å². The summed E-state index contributed by atoms with van der Waals surface area (Å²) in [5, 5.41) is -0.0388. The third kappa shape index (κ3) is 1.82. The predicted octanol–water partition coefficient (Wildman–Crippen LogP) is 1.74. The van der Waals surface area contributed by atoms with Gasteiger partial charge < -0.3 is 0 Å². The summed E-state index contributed by atoms with van der Waals surface area (Å²) in [5.41, 5.74) is 0. The molecule has 0 aliphatic heterocycles. The molecule has 0 N–H and O–H groups in total. The minimum Gasteiger partial charge on any atom is -0.212 e. The molecule has 2 aliphatic carbocycles. The molecule has 2 rings (SSSR count). The molecule has 14 heavy (non-hydrogen) atoms. The fraction of sp³-hybridized carbons (Fsp3) is 1.00. The lowest BCUT2D eigenvalue weighted by Crippen LogP contribution is -2.40. The van der Waals surface area contributed by atoms with Gasteiger partial charge in [-0.3, -0.25) is 0 Å². The molecule has 0 heterocycles. The SMILES string of the molecule is CCN(C1CCCC1)S(=O)(=O)C1CC1. The van der Waals surface area contributed by atoms with Crippen molar-refractivity contribution >= 4 is 10.0 Å². The van der Waals surface area contributed by atoms with Gasteiger partial charge in [-0.05, 0) is 25.7 Å². The van der Waals surface area contributed by atoms with Gasteiger partial charge in [-0.25, -0.2) is 8.42 Å². The van der Waals surface area contributed by atoms with Crippen LogP contribution in [0, 0.1) is 0 Å². The van der Waals surface area contributed by atoms with Gasteiger partial charge in [0.15, 0.2) is 0 Å². The van der Waals surface area contributed by atoms with Crippen molar-refractivity contribution in [1.29, 1.82) is 0 Å². The molecule has 0 aromatic heterocycles. The average Bonchev–Trinajstić information content (AvgIpc) is 2.88. The maximum Gasteiger partial charge on any atom is 0.217 e. The van der Waals surface area contributed by atoms with Crippen LogP contribution in [-0.2, 0) is 10.0 Å². The summed E-state index contributed by atoms with van der Waals surface area (Å²) in [7, 11) is -2.93. The maximum absolute atomic E-state index is 12.0. The van der Waals surface area contributed by atoms with Crippen LogP contribution in [-0.4, -0.2) is 30.6 Å². The second-order valence-corrected chi connectivity index (χ2v) is 6.55. The Hall–Kier alpha value is -0.0900. The Bertz CT molecular complexity index is 289. The molecule has 0 amide bonds. The monoisotopic (exact) mass is 217 g/mol. The van der Waals surface area contributed by atoms with Gasteiger partial charge in [-0.15, -0.1) is 0 Å². The van der Waals surface area contributed by atoms with E-state index < -0.39 is 10.0 Å². The number of sulfonamides is 1. The average molecular weight is 217 g/mol. The van der Waals surface area contributed by atoms with Crippen molar-refractivity contribution in [3.8, 4) is 0 Å². The third-order valence-corrected chi connectivity index (χ3v) is 5.84. The van der Waals surface area contributed by atoms with Crippen molar-refractivity contribution < 1.29 is 8.42 Å². The maximum atomic E-state index is 12.0. The van der Waals surface area contributed by atoms with E-state index in [1.165, 1.54) is 12.8 Å². The number of nitrogens with zero attached hydrogens (tertiary/aromatic N) is 1. The molecule has 0 spiro atoms. The molecule has 2 aliphatic rings. The van der Waals surface area contributed by atoms with Crippen molar-refractivity contribution in [1.82, 2.24) is 4.31 Å². The van der Waals surface area contributed by atoms with Gasteiger partial charge in [-0.2, -0.15) is 4.31 Å². The van der Waals surface area contributed by atoms with Crippen molar-refractivity contribution in [3.05, 3.63) is 0 Å². The molecule has 0 aromatic rings. The van der Waals surface area contributed by atoms with Crippen LogP contribution < -0.4 is 0 Å². The summed E-state index contributed by atoms with van der Waals surface area (Å²) in [5.74, 6) is 0. The minimum absolute atomic E-state index is 0.0388. The van der Waals surface area contributed by atoms with E-state index in [9.17, 15) is 8.42 Å². The first-order chi connectivity index (χ1) is 6.66. The summed E-state index contributed by atoms with van der Waals surface area (Å²) >= 11 is 0. The van der Waals surface area contributed by atoms with E-state index in [0.29, 0.717) is 12.6 Å². The molecule has 0 atom stereocenters. The molecule has 4 heteroatoms. The highest BCUT2D eigenvalue weighted by molar-refractivity contribution is 7.90. The quantitative estimate of drug-likeness (QED) is 0.719. The molecule has 2 saturated carbocycles. The number of rotatable bonds is 4. The van der Waals surface area contributed by atoms with Gasteiger partial charge in [0, 0.05) is 12.6 Å². The Kier molecular flexibility index (Phi) is 2.84. The Morgan fingerprint density at radius 2 is 1.71 bits per heavy atom. The predicted molar refractivity (Wildman–Crippen MR) is 56.6 cm³/mol. The summed E-state index contributed by atoms with van der Waals surface area (Å²) in [4.78, 5) is 0. The zero-order valence-electron chi connectivity index (χ0n) is 8.78. The lowest BCUT2D eigenvalue weighted by Gasteiger charge is -2.26. The fourth-order valence-corrected chi connectivity index (χ4v) is 4.50. The molecule has 0 radical (unpaired) electrons. The van der Waals surface area contributed by atoms with Gasteiger partial charge in [0.2, 0.25) is 10.0 Å². The highest BCUT2D eigenvalue weighted by atomic mass is 32.2. The van der Waals surface area contributed by atoms with Crippen LogP contribution in [0.2, 0.25) is 0 Å². The van der Waals surface area contributed by atoms with Crippen molar-refractivity contribution in [2.24, 2.45) is 0 Å². The third-order valence-electron chi connectivity index (χ3n) is 3.32. The molecular weight excluding hydrogens is 198 g/mol. The van der Waals surface area contributed by atoms with Crippen molar-refractivity contribution in [2.75, 3.05) is 6.54 Å². The molecule has 0 saturated heterocycles. The first-order valence-electron chi connectivity index (χ1n) is 5.67. The van der Waals surface area contributed by atoms with Gasteiger partial charge in [0.1, 0.15) is 0 Å². The van der Waals surface area contributed by atoms with Crippen LogP contribution >= 0.6 is 0 Å². The van der Waals surface area contributed by atoms with Crippen LogP contribution in [0.15, 0.2) is 0 Å². The Morgan fingerprint density at radius 3 is 2.14 bits per heavy atom. The van der Waals surface area contributed by atoms with Gasteiger partial charge >= 0.3 is 0 Å². The summed E-state index contributed by atoms with van der Waals surface area (Å²) in [6.07, 6.45) is 6.29. The van der Waals surface area contributed by atoms with Crippen LogP contribution in [0.25, 0.3) is 0 Å². The van der Waals surface area contributed by atoms with E-state index in [0.717, 1.165) is 25.7 Å². The topological polar surface area (TPSA) is 37.4 Å². The smallest absolute Gasteiger partial charge is 0.212 e. The Labute approximate surface area is 86.5 Å². The normalized spacial score (nSPS) is 24.7. The molecule has 2 fully saturated rings. The van der Waals surface area contributed by atoms with E-state index in [1.807, 2.05) is 6.92 Å². The van der Waals surface area contributed by atoms with Crippen LogP contribution in [0.3, 0.4) is 0 Å². The second kappa shape index (κ2) is 3.81. The highest BCUT2D eigenvalue weighted by Crippen LogP contribution is 2.34.